The van der Waals surface area contributed by atoms with Crippen molar-refractivity contribution in [2.24, 2.45) is 4.99 Å². The monoisotopic (exact) mass is 542 g/mol. The number of aliphatic imine (C=N–C) groups is 1. The Morgan fingerprint density at radius 2 is 1.93 bits per heavy atom. The SMILES string of the molecule is CCNC(=NCC(O)c1ccc(OC(F)(F)F)cc1)NCCn1cnnc1CC.I. The summed E-state index contributed by atoms with van der Waals surface area (Å²) >= 11 is 0. The van der Waals surface area contributed by atoms with Gasteiger partial charge in [0.15, 0.2) is 5.96 Å². The van der Waals surface area contributed by atoms with Gasteiger partial charge in [-0.2, -0.15) is 0 Å². The summed E-state index contributed by atoms with van der Waals surface area (Å²) in [7, 11) is 0. The summed E-state index contributed by atoms with van der Waals surface area (Å²) in [4.78, 5) is 4.33. The van der Waals surface area contributed by atoms with E-state index in [1.165, 1.54) is 12.1 Å². The average Bonchev–Trinajstić information content (AvgIpc) is 3.12. The molecule has 0 aliphatic heterocycles. The summed E-state index contributed by atoms with van der Waals surface area (Å²) in [5.74, 6) is 1.07. The van der Waals surface area contributed by atoms with Crippen LogP contribution < -0.4 is 15.4 Å². The van der Waals surface area contributed by atoms with E-state index in [1.54, 1.807) is 6.33 Å². The van der Waals surface area contributed by atoms with Crippen molar-refractivity contribution in [3.63, 3.8) is 0 Å². The Morgan fingerprint density at radius 1 is 1.23 bits per heavy atom. The van der Waals surface area contributed by atoms with Crippen molar-refractivity contribution in [2.45, 2.75) is 39.3 Å². The molecule has 12 heteroatoms. The Morgan fingerprint density at radius 3 is 2.53 bits per heavy atom. The van der Waals surface area contributed by atoms with Crippen molar-refractivity contribution >= 4 is 29.9 Å². The number of halogens is 4. The zero-order valence-electron chi connectivity index (χ0n) is 16.7. The Balaban J connectivity index is 0.00000450. The molecule has 1 aromatic heterocycles. The first-order chi connectivity index (χ1) is 13.8. The third-order valence-electron chi connectivity index (χ3n) is 3.92. The summed E-state index contributed by atoms with van der Waals surface area (Å²) < 4.78 is 42.4. The number of nitrogens with one attached hydrogen (secondary N) is 2. The minimum absolute atomic E-state index is 0. The van der Waals surface area contributed by atoms with E-state index in [0.717, 1.165) is 24.4 Å². The van der Waals surface area contributed by atoms with Crippen LogP contribution in [0.3, 0.4) is 0 Å². The molecule has 1 aromatic carbocycles. The summed E-state index contributed by atoms with van der Waals surface area (Å²) in [6, 6.07) is 5.06. The number of aliphatic hydroxyl groups is 1. The van der Waals surface area contributed by atoms with Crippen molar-refractivity contribution < 1.29 is 23.0 Å². The lowest BCUT2D eigenvalue weighted by Gasteiger charge is -2.14. The van der Waals surface area contributed by atoms with Crippen molar-refractivity contribution in [3.05, 3.63) is 42.0 Å². The molecule has 0 saturated heterocycles. The molecular formula is C18H26F3IN6O2. The smallest absolute Gasteiger partial charge is 0.406 e. The molecule has 168 valence electrons. The van der Waals surface area contributed by atoms with Gasteiger partial charge in [-0.15, -0.1) is 47.3 Å². The Labute approximate surface area is 190 Å². The van der Waals surface area contributed by atoms with Crippen LogP contribution in [0.2, 0.25) is 0 Å². The molecule has 8 nitrogen and oxygen atoms in total. The highest BCUT2D eigenvalue weighted by atomic mass is 127. The predicted molar refractivity (Wildman–Crippen MR) is 117 cm³/mol. The molecule has 3 N–H and O–H groups in total. The number of benzene rings is 1. The maximum absolute atomic E-state index is 12.2. The number of nitrogens with zero attached hydrogens (tertiary/aromatic N) is 4. The molecule has 0 bridgehead atoms. The molecule has 0 radical (unpaired) electrons. The van der Waals surface area contributed by atoms with Gasteiger partial charge in [-0.05, 0) is 24.6 Å². The Hall–Kier alpha value is -2.09. The number of aromatic nitrogens is 3. The van der Waals surface area contributed by atoms with Gasteiger partial charge in [0.25, 0.3) is 0 Å². The van der Waals surface area contributed by atoms with Gasteiger partial charge in [0.2, 0.25) is 0 Å². The van der Waals surface area contributed by atoms with E-state index in [1.807, 2.05) is 18.4 Å². The average molecular weight is 542 g/mol. The fourth-order valence-electron chi connectivity index (χ4n) is 2.55. The van der Waals surface area contributed by atoms with Crippen LogP contribution in [-0.4, -0.2) is 51.8 Å². The predicted octanol–water partition coefficient (Wildman–Crippen LogP) is 2.65. The normalized spacial score (nSPS) is 12.8. The highest BCUT2D eigenvalue weighted by molar-refractivity contribution is 14.0. The van der Waals surface area contributed by atoms with E-state index in [4.69, 9.17) is 0 Å². The third-order valence-corrected chi connectivity index (χ3v) is 3.92. The second kappa shape index (κ2) is 12.6. The van der Waals surface area contributed by atoms with Crippen molar-refractivity contribution in [2.75, 3.05) is 19.6 Å². The van der Waals surface area contributed by atoms with Crippen LogP contribution in [0.1, 0.15) is 31.3 Å². The summed E-state index contributed by atoms with van der Waals surface area (Å²) in [5.41, 5.74) is 0.441. The van der Waals surface area contributed by atoms with Crippen LogP contribution in [-0.2, 0) is 13.0 Å². The third kappa shape index (κ3) is 8.73. The molecule has 0 fully saturated rings. The van der Waals surface area contributed by atoms with Gasteiger partial charge in [0.05, 0.1) is 12.6 Å². The number of aryl methyl sites for hydroxylation is 1. The van der Waals surface area contributed by atoms with Crippen LogP contribution >= 0.6 is 24.0 Å². The van der Waals surface area contributed by atoms with E-state index in [2.05, 4.69) is 30.6 Å². The number of guanidine groups is 1. The summed E-state index contributed by atoms with van der Waals surface area (Å²) in [5, 5.41) is 24.4. The van der Waals surface area contributed by atoms with Gasteiger partial charge in [-0.25, -0.2) is 0 Å². The first-order valence-electron chi connectivity index (χ1n) is 9.25. The maximum atomic E-state index is 12.2. The number of hydrogen-bond donors (Lipinski definition) is 3. The van der Waals surface area contributed by atoms with E-state index < -0.39 is 12.5 Å². The molecule has 1 atom stereocenters. The number of alkyl halides is 3. The minimum Gasteiger partial charge on any atom is -0.406 e. The number of aliphatic hydroxyl groups excluding tert-OH is 1. The summed E-state index contributed by atoms with van der Waals surface area (Å²) in [6.07, 6.45) is -3.26. The molecule has 2 rings (SSSR count). The van der Waals surface area contributed by atoms with Gasteiger partial charge in [-0.1, -0.05) is 19.1 Å². The zero-order chi connectivity index (χ0) is 21.3. The van der Waals surface area contributed by atoms with E-state index >= 15 is 0 Å². The molecule has 0 saturated carbocycles. The highest BCUT2D eigenvalue weighted by Crippen LogP contribution is 2.24. The molecule has 1 heterocycles. The van der Waals surface area contributed by atoms with Gasteiger partial charge in [0, 0.05) is 26.1 Å². The Bertz CT molecular complexity index is 783. The van der Waals surface area contributed by atoms with Gasteiger partial charge in [0.1, 0.15) is 17.9 Å². The highest BCUT2D eigenvalue weighted by Gasteiger charge is 2.31. The van der Waals surface area contributed by atoms with Gasteiger partial charge >= 0.3 is 6.36 Å². The molecule has 0 amide bonds. The number of ether oxygens (including phenoxy) is 1. The molecular weight excluding hydrogens is 516 g/mol. The van der Waals surface area contributed by atoms with E-state index in [-0.39, 0.29) is 36.3 Å². The first-order valence-corrected chi connectivity index (χ1v) is 9.25. The molecule has 1 unspecified atom stereocenters. The lowest BCUT2D eigenvalue weighted by Crippen LogP contribution is -2.39. The standard InChI is InChI=1S/C18H25F3N6O2.HI/c1-3-16-26-25-12-27(16)10-9-23-17(22-4-2)24-11-15(28)13-5-7-14(8-6-13)29-18(19,20)21;/h5-8,12,15,28H,3-4,9-11H2,1-2H3,(H2,22,23,24);1H. The molecule has 2 aromatic rings. The van der Waals surface area contributed by atoms with E-state index in [9.17, 15) is 18.3 Å². The molecule has 0 aliphatic rings. The fourth-order valence-corrected chi connectivity index (χ4v) is 2.55. The van der Waals surface area contributed by atoms with Crippen LogP contribution in [0, 0.1) is 0 Å². The van der Waals surface area contributed by atoms with Crippen LogP contribution in [0.15, 0.2) is 35.6 Å². The maximum Gasteiger partial charge on any atom is 0.573 e. The molecule has 0 aliphatic carbocycles. The van der Waals surface area contributed by atoms with Crippen LogP contribution in [0.4, 0.5) is 13.2 Å². The first kappa shape index (κ1) is 25.9. The van der Waals surface area contributed by atoms with Gasteiger partial charge in [-0.3, -0.25) is 4.99 Å². The Kier molecular flexibility index (Phi) is 10.9. The zero-order valence-corrected chi connectivity index (χ0v) is 19.0. The largest absolute Gasteiger partial charge is 0.573 e. The number of rotatable bonds is 9. The lowest BCUT2D eigenvalue weighted by molar-refractivity contribution is -0.274. The number of hydrogen-bond acceptors (Lipinski definition) is 5. The quantitative estimate of drug-likeness (QED) is 0.256. The van der Waals surface area contributed by atoms with E-state index in [0.29, 0.717) is 31.2 Å². The summed E-state index contributed by atoms with van der Waals surface area (Å²) in [6.45, 7) is 5.84. The van der Waals surface area contributed by atoms with Crippen LogP contribution in [0.5, 0.6) is 5.75 Å². The fraction of sp³-hybridized carbons (Fsp3) is 0.500. The minimum atomic E-state index is -4.75. The van der Waals surface area contributed by atoms with Crippen LogP contribution in [0.25, 0.3) is 0 Å². The second-order valence-corrected chi connectivity index (χ2v) is 6.07. The molecule has 0 spiro atoms. The molecule has 30 heavy (non-hydrogen) atoms. The van der Waals surface area contributed by atoms with Gasteiger partial charge < -0.3 is 25.0 Å². The van der Waals surface area contributed by atoms with Crippen molar-refractivity contribution in [1.82, 2.24) is 25.4 Å². The lowest BCUT2D eigenvalue weighted by atomic mass is 10.1. The van der Waals surface area contributed by atoms with Crippen molar-refractivity contribution in [3.8, 4) is 5.75 Å². The second-order valence-electron chi connectivity index (χ2n) is 6.07. The van der Waals surface area contributed by atoms with Crippen molar-refractivity contribution in [1.29, 1.82) is 0 Å². The topological polar surface area (TPSA) is 96.6 Å².